The van der Waals surface area contributed by atoms with Gasteiger partial charge in [0.1, 0.15) is 0 Å². The van der Waals surface area contributed by atoms with Crippen molar-refractivity contribution in [1.82, 2.24) is 5.32 Å². The summed E-state index contributed by atoms with van der Waals surface area (Å²) in [5.41, 5.74) is 1.35. The first kappa shape index (κ1) is 10.3. The monoisotopic (exact) mass is 193 g/mol. The third-order valence-corrected chi connectivity index (χ3v) is 2.76. The number of nitrogens with one attached hydrogen (secondary N) is 1. The van der Waals surface area contributed by atoms with Gasteiger partial charge < -0.3 is 5.32 Å². The molecule has 0 aromatic carbocycles. The molecular weight excluding hydrogens is 178 g/mol. The van der Waals surface area contributed by atoms with E-state index in [9.17, 15) is 0 Å². The minimum absolute atomic E-state index is 0.463. The van der Waals surface area contributed by atoms with E-state index in [-0.39, 0.29) is 0 Å². The van der Waals surface area contributed by atoms with Crippen molar-refractivity contribution in [2.75, 3.05) is 0 Å². The van der Waals surface area contributed by atoms with Crippen molar-refractivity contribution in [3.63, 3.8) is 0 Å². The molecular formula is C11H15NS. The zero-order valence-electron chi connectivity index (χ0n) is 7.92. The van der Waals surface area contributed by atoms with Crippen LogP contribution in [-0.2, 0) is 6.54 Å². The topological polar surface area (TPSA) is 12.0 Å². The Morgan fingerprint density at radius 3 is 3.08 bits per heavy atom. The number of rotatable bonds is 5. The van der Waals surface area contributed by atoms with E-state index >= 15 is 0 Å². The number of hydrogen-bond acceptors (Lipinski definition) is 2. The third-order valence-electron chi connectivity index (χ3n) is 2.03. The van der Waals surface area contributed by atoms with Gasteiger partial charge in [0.2, 0.25) is 0 Å². The third kappa shape index (κ3) is 3.63. The van der Waals surface area contributed by atoms with Crippen molar-refractivity contribution in [3.05, 3.63) is 22.4 Å². The Balaban J connectivity index is 2.28. The molecule has 1 atom stereocenters. The fraction of sp³-hybridized carbons (Fsp3) is 0.455. The predicted octanol–water partition coefficient (Wildman–Crippen LogP) is 2.64. The zero-order chi connectivity index (χ0) is 9.52. The van der Waals surface area contributed by atoms with Gasteiger partial charge in [0.15, 0.2) is 0 Å². The van der Waals surface area contributed by atoms with Crippen molar-refractivity contribution in [2.45, 2.75) is 32.4 Å². The Labute approximate surface area is 84.2 Å². The molecule has 0 aliphatic heterocycles. The Kier molecular flexibility index (Phi) is 4.59. The highest BCUT2D eigenvalue weighted by molar-refractivity contribution is 7.07. The number of terminal acetylenes is 1. The Hall–Kier alpha value is -0.780. The van der Waals surface area contributed by atoms with Gasteiger partial charge in [-0.2, -0.15) is 11.3 Å². The van der Waals surface area contributed by atoms with Crippen LogP contribution in [0.15, 0.2) is 16.8 Å². The van der Waals surface area contributed by atoms with E-state index in [1.807, 2.05) is 0 Å². The molecule has 0 saturated heterocycles. The molecule has 1 aromatic heterocycles. The van der Waals surface area contributed by atoms with Gasteiger partial charge in [0.05, 0.1) is 0 Å². The van der Waals surface area contributed by atoms with Crippen LogP contribution in [0.2, 0.25) is 0 Å². The summed E-state index contributed by atoms with van der Waals surface area (Å²) in [6.45, 7) is 3.09. The van der Waals surface area contributed by atoms with Crippen LogP contribution in [0.1, 0.15) is 25.3 Å². The largest absolute Gasteiger partial charge is 0.309 e. The fourth-order valence-electron chi connectivity index (χ4n) is 1.16. The molecule has 1 heterocycles. The molecule has 1 nitrogen and oxygen atoms in total. The summed E-state index contributed by atoms with van der Waals surface area (Å²) < 4.78 is 0. The lowest BCUT2D eigenvalue weighted by Crippen LogP contribution is -2.27. The van der Waals surface area contributed by atoms with Crippen molar-refractivity contribution >= 4 is 11.3 Å². The van der Waals surface area contributed by atoms with Crippen LogP contribution < -0.4 is 5.32 Å². The summed E-state index contributed by atoms with van der Waals surface area (Å²) >= 11 is 1.73. The van der Waals surface area contributed by atoms with Crippen LogP contribution in [0.5, 0.6) is 0 Å². The molecule has 0 saturated carbocycles. The smallest absolute Gasteiger partial charge is 0.0240 e. The van der Waals surface area contributed by atoms with Crippen LogP contribution in [0, 0.1) is 12.3 Å². The van der Waals surface area contributed by atoms with Crippen molar-refractivity contribution in [2.24, 2.45) is 0 Å². The molecule has 0 aliphatic rings. The second-order valence-corrected chi connectivity index (χ2v) is 3.81. The van der Waals surface area contributed by atoms with E-state index in [1.54, 1.807) is 11.3 Å². The molecule has 1 unspecified atom stereocenters. The van der Waals surface area contributed by atoms with E-state index in [0.29, 0.717) is 6.04 Å². The molecule has 0 bridgehead atoms. The van der Waals surface area contributed by atoms with Gasteiger partial charge in [-0.25, -0.2) is 0 Å². The first-order valence-electron chi connectivity index (χ1n) is 4.54. The highest BCUT2D eigenvalue weighted by atomic mass is 32.1. The molecule has 2 heteroatoms. The first-order valence-corrected chi connectivity index (χ1v) is 5.49. The summed E-state index contributed by atoms with van der Waals surface area (Å²) in [6, 6.07) is 2.60. The van der Waals surface area contributed by atoms with Crippen molar-refractivity contribution < 1.29 is 0 Å². The van der Waals surface area contributed by atoms with Gasteiger partial charge in [0.25, 0.3) is 0 Å². The standard InChI is InChI=1S/C11H15NS/c1-3-5-11(4-2)12-8-10-6-7-13-9-10/h1,6-7,9,11-12H,4-5,8H2,2H3. The highest BCUT2D eigenvalue weighted by Crippen LogP contribution is 2.06. The molecule has 13 heavy (non-hydrogen) atoms. The van der Waals surface area contributed by atoms with E-state index in [1.165, 1.54) is 5.56 Å². The molecule has 70 valence electrons. The lowest BCUT2D eigenvalue weighted by molar-refractivity contribution is 0.507. The average molecular weight is 193 g/mol. The molecule has 1 rings (SSSR count). The maximum Gasteiger partial charge on any atom is 0.0240 e. The van der Waals surface area contributed by atoms with Crippen LogP contribution in [-0.4, -0.2) is 6.04 Å². The zero-order valence-corrected chi connectivity index (χ0v) is 8.73. The maximum absolute atomic E-state index is 5.27. The van der Waals surface area contributed by atoms with E-state index < -0.39 is 0 Å². The van der Waals surface area contributed by atoms with Crippen LogP contribution >= 0.6 is 11.3 Å². The minimum atomic E-state index is 0.463. The summed E-state index contributed by atoms with van der Waals surface area (Å²) in [7, 11) is 0. The normalized spacial score (nSPS) is 12.3. The van der Waals surface area contributed by atoms with Crippen molar-refractivity contribution in [3.8, 4) is 12.3 Å². The Morgan fingerprint density at radius 1 is 1.69 bits per heavy atom. The number of hydrogen-bond donors (Lipinski definition) is 1. The summed E-state index contributed by atoms with van der Waals surface area (Å²) in [6.07, 6.45) is 7.18. The second kappa shape index (κ2) is 5.80. The summed E-state index contributed by atoms with van der Waals surface area (Å²) in [5, 5.41) is 7.70. The van der Waals surface area contributed by atoms with Gasteiger partial charge >= 0.3 is 0 Å². The molecule has 0 amide bonds. The fourth-order valence-corrected chi connectivity index (χ4v) is 1.83. The molecule has 0 radical (unpaired) electrons. The van der Waals surface area contributed by atoms with Gasteiger partial charge in [0, 0.05) is 19.0 Å². The predicted molar refractivity (Wildman–Crippen MR) is 58.7 cm³/mol. The minimum Gasteiger partial charge on any atom is -0.309 e. The molecule has 0 spiro atoms. The average Bonchev–Trinajstić information content (AvgIpc) is 2.64. The quantitative estimate of drug-likeness (QED) is 0.709. The molecule has 1 N–H and O–H groups in total. The lowest BCUT2D eigenvalue weighted by atomic mass is 10.1. The van der Waals surface area contributed by atoms with Crippen molar-refractivity contribution in [1.29, 1.82) is 0 Å². The maximum atomic E-state index is 5.27. The van der Waals surface area contributed by atoms with E-state index in [4.69, 9.17) is 6.42 Å². The SMILES string of the molecule is C#CCC(CC)NCc1ccsc1. The van der Waals surface area contributed by atoms with Gasteiger partial charge in [-0.3, -0.25) is 0 Å². The number of thiophene rings is 1. The van der Waals surface area contributed by atoms with Gasteiger partial charge in [-0.1, -0.05) is 6.92 Å². The first-order chi connectivity index (χ1) is 6.36. The Morgan fingerprint density at radius 2 is 2.54 bits per heavy atom. The second-order valence-electron chi connectivity index (χ2n) is 3.03. The highest BCUT2D eigenvalue weighted by Gasteiger charge is 2.02. The van der Waals surface area contributed by atoms with Gasteiger partial charge in [-0.15, -0.1) is 12.3 Å². The van der Waals surface area contributed by atoms with Gasteiger partial charge in [-0.05, 0) is 28.8 Å². The molecule has 1 aromatic rings. The van der Waals surface area contributed by atoms with Crippen LogP contribution in [0.25, 0.3) is 0 Å². The Bertz CT molecular complexity index is 258. The summed E-state index contributed by atoms with van der Waals surface area (Å²) in [4.78, 5) is 0. The van der Waals surface area contributed by atoms with Crippen LogP contribution in [0.3, 0.4) is 0 Å². The lowest BCUT2D eigenvalue weighted by Gasteiger charge is -2.12. The molecule has 0 fully saturated rings. The van der Waals surface area contributed by atoms with E-state index in [2.05, 4.69) is 35.0 Å². The van der Waals surface area contributed by atoms with Crippen LogP contribution in [0.4, 0.5) is 0 Å². The van der Waals surface area contributed by atoms with E-state index in [0.717, 1.165) is 19.4 Å². The molecule has 0 aliphatic carbocycles. The summed E-state index contributed by atoms with van der Waals surface area (Å²) in [5.74, 6) is 2.69.